The molecule has 3 rings (SSSR count). The highest BCUT2D eigenvalue weighted by atomic mass is 16.5. The van der Waals surface area contributed by atoms with Gasteiger partial charge in [0.15, 0.2) is 0 Å². The molecule has 2 nitrogen and oxygen atoms in total. The molecule has 0 bridgehead atoms. The quantitative estimate of drug-likeness (QED) is 0.821. The van der Waals surface area contributed by atoms with Gasteiger partial charge in [0.2, 0.25) is 0 Å². The summed E-state index contributed by atoms with van der Waals surface area (Å²) in [5.41, 5.74) is 2.39. The van der Waals surface area contributed by atoms with Crippen LogP contribution in [0.25, 0.3) is 0 Å². The van der Waals surface area contributed by atoms with Gasteiger partial charge in [-0.1, -0.05) is 42.5 Å². The van der Waals surface area contributed by atoms with Crippen LogP contribution >= 0.6 is 0 Å². The minimum absolute atomic E-state index is 0.237. The lowest BCUT2D eigenvalue weighted by Gasteiger charge is -2.10. The Kier molecular flexibility index (Phi) is 4.34. The van der Waals surface area contributed by atoms with E-state index in [2.05, 4.69) is 24.3 Å². The topological polar surface area (TPSA) is 26.3 Å². The second kappa shape index (κ2) is 6.57. The first kappa shape index (κ1) is 13.9. The minimum atomic E-state index is 0.237. The van der Waals surface area contributed by atoms with Crippen LogP contribution in [0.4, 0.5) is 0 Å². The average Bonchev–Trinajstić information content (AvgIpc) is 2.93. The van der Waals surface area contributed by atoms with Gasteiger partial charge in [0.25, 0.3) is 0 Å². The first-order valence-corrected chi connectivity index (χ1v) is 7.59. The third-order valence-electron chi connectivity index (χ3n) is 4.08. The highest BCUT2D eigenvalue weighted by molar-refractivity contribution is 5.83. The third kappa shape index (κ3) is 3.72. The summed E-state index contributed by atoms with van der Waals surface area (Å²) < 4.78 is 5.77. The fraction of sp³-hybridized carbons (Fsp3) is 0.316. The molecular weight excluding hydrogens is 260 g/mol. The van der Waals surface area contributed by atoms with Crippen LogP contribution < -0.4 is 4.74 Å². The third-order valence-corrected chi connectivity index (χ3v) is 4.08. The zero-order valence-electron chi connectivity index (χ0n) is 12.1. The highest BCUT2D eigenvalue weighted by Gasteiger charge is 2.24. The minimum Gasteiger partial charge on any atom is -0.489 e. The zero-order chi connectivity index (χ0) is 14.5. The van der Waals surface area contributed by atoms with E-state index >= 15 is 0 Å². The van der Waals surface area contributed by atoms with Gasteiger partial charge >= 0.3 is 0 Å². The van der Waals surface area contributed by atoms with Crippen LogP contribution in [-0.4, -0.2) is 5.78 Å². The number of rotatable bonds is 5. The Morgan fingerprint density at radius 1 is 0.952 bits per heavy atom. The SMILES string of the molecule is O=C1CCCC1Cc1ccc(OCc2ccccc2)cc1. The molecule has 2 heteroatoms. The van der Waals surface area contributed by atoms with Gasteiger partial charge in [-0.25, -0.2) is 0 Å². The summed E-state index contributed by atoms with van der Waals surface area (Å²) in [6.07, 6.45) is 3.74. The predicted octanol–water partition coefficient (Wildman–Crippen LogP) is 4.18. The number of benzene rings is 2. The molecule has 0 N–H and O–H groups in total. The van der Waals surface area contributed by atoms with E-state index < -0.39 is 0 Å². The van der Waals surface area contributed by atoms with Gasteiger partial charge < -0.3 is 4.74 Å². The smallest absolute Gasteiger partial charge is 0.136 e. The Balaban J connectivity index is 1.55. The lowest BCUT2D eigenvalue weighted by atomic mass is 9.97. The van der Waals surface area contributed by atoms with Crippen LogP contribution in [0.2, 0.25) is 0 Å². The van der Waals surface area contributed by atoms with Crippen molar-refractivity contribution in [1.29, 1.82) is 0 Å². The van der Waals surface area contributed by atoms with Crippen molar-refractivity contribution in [2.75, 3.05) is 0 Å². The van der Waals surface area contributed by atoms with Crippen molar-refractivity contribution in [3.8, 4) is 5.75 Å². The van der Waals surface area contributed by atoms with E-state index in [9.17, 15) is 4.79 Å². The van der Waals surface area contributed by atoms with Crippen molar-refractivity contribution in [1.82, 2.24) is 0 Å². The molecule has 1 saturated carbocycles. The first-order chi connectivity index (χ1) is 10.3. The molecule has 0 spiro atoms. The zero-order valence-corrected chi connectivity index (χ0v) is 12.1. The number of carbonyl (C=O) groups excluding carboxylic acids is 1. The number of carbonyl (C=O) groups is 1. The fourth-order valence-corrected chi connectivity index (χ4v) is 2.85. The Labute approximate surface area is 125 Å². The Morgan fingerprint density at radius 2 is 1.71 bits per heavy atom. The van der Waals surface area contributed by atoms with E-state index in [1.807, 2.05) is 30.3 Å². The number of Topliss-reactive ketones (excluding diaryl/α,β-unsaturated/α-hetero) is 1. The van der Waals surface area contributed by atoms with Gasteiger partial charge in [-0.05, 0) is 42.5 Å². The van der Waals surface area contributed by atoms with E-state index in [4.69, 9.17) is 4.74 Å². The van der Waals surface area contributed by atoms with Gasteiger partial charge in [-0.2, -0.15) is 0 Å². The molecule has 21 heavy (non-hydrogen) atoms. The van der Waals surface area contributed by atoms with Gasteiger partial charge in [-0.15, -0.1) is 0 Å². The van der Waals surface area contributed by atoms with Crippen molar-refractivity contribution < 1.29 is 9.53 Å². The van der Waals surface area contributed by atoms with Gasteiger partial charge in [0, 0.05) is 12.3 Å². The maximum absolute atomic E-state index is 11.7. The maximum atomic E-state index is 11.7. The summed E-state index contributed by atoms with van der Waals surface area (Å²) in [7, 11) is 0. The second-order valence-corrected chi connectivity index (χ2v) is 5.68. The van der Waals surface area contributed by atoms with Crippen LogP contribution in [0, 0.1) is 5.92 Å². The van der Waals surface area contributed by atoms with Crippen molar-refractivity contribution in [3.05, 3.63) is 65.7 Å². The van der Waals surface area contributed by atoms with E-state index in [1.165, 1.54) is 5.56 Å². The molecular formula is C19H20O2. The highest BCUT2D eigenvalue weighted by Crippen LogP contribution is 2.25. The van der Waals surface area contributed by atoms with E-state index in [0.717, 1.165) is 37.0 Å². The maximum Gasteiger partial charge on any atom is 0.136 e. The monoisotopic (exact) mass is 280 g/mol. The molecule has 0 heterocycles. The largest absolute Gasteiger partial charge is 0.489 e. The molecule has 0 saturated heterocycles. The predicted molar refractivity (Wildman–Crippen MR) is 83.3 cm³/mol. The summed E-state index contributed by atoms with van der Waals surface area (Å²) in [6.45, 7) is 0.585. The first-order valence-electron chi connectivity index (χ1n) is 7.59. The van der Waals surface area contributed by atoms with Gasteiger partial charge in [-0.3, -0.25) is 4.79 Å². The van der Waals surface area contributed by atoms with Crippen molar-refractivity contribution in [2.24, 2.45) is 5.92 Å². The molecule has 1 atom stereocenters. The van der Waals surface area contributed by atoms with Gasteiger partial charge in [0.1, 0.15) is 18.1 Å². The Morgan fingerprint density at radius 3 is 2.38 bits per heavy atom. The number of hydrogen-bond donors (Lipinski definition) is 0. The lowest BCUT2D eigenvalue weighted by Crippen LogP contribution is -2.09. The van der Waals surface area contributed by atoms with Crippen LogP contribution in [-0.2, 0) is 17.8 Å². The molecule has 0 aromatic heterocycles. The van der Waals surface area contributed by atoms with Crippen LogP contribution in [0.5, 0.6) is 5.75 Å². The molecule has 2 aromatic rings. The summed E-state index contributed by atoms with van der Waals surface area (Å²) in [4.78, 5) is 11.7. The van der Waals surface area contributed by atoms with Crippen molar-refractivity contribution in [2.45, 2.75) is 32.3 Å². The van der Waals surface area contributed by atoms with E-state index in [1.54, 1.807) is 0 Å². The Bertz CT molecular complexity index is 587. The second-order valence-electron chi connectivity index (χ2n) is 5.68. The standard InChI is InChI=1S/C19H20O2/c20-19-8-4-7-17(19)13-15-9-11-18(12-10-15)21-14-16-5-2-1-3-6-16/h1-3,5-6,9-12,17H,4,7-8,13-14H2. The lowest BCUT2D eigenvalue weighted by molar-refractivity contribution is -0.120. The molecule has 0 radical (unpaired) electrons. The average molecular weight is 280 g/mol. The van der Waals surface area contributed by atoms with Gasteiger partial charge in [0.05, 0.1) is 0 Å². The molecule has 108 valence electrons. The van der Waals surface area contributed by atoms with E-state index in [-0.39, 0.29) is 5.92 Å². The molecule has 0 amide bonds. The Hall–Kier alpha value is -2.09. The number of ether oxygens (including phenoxy) is 1. The normalized spacial score (nSPS) is 17.9. The van der Waals surface area contributed by atoms with Crippen LogP contribution in [0.15, 0.2) is 54.6 Å². The molecule has 0 aliphatic heterocycles. The summed E-state index contributed by atoms with van der Waals surface area (Å²) >= 11 is 0. The summed E-state index contributed by atoms with van der Waals surface area (Å²) in [5, 5.41) is 0. The molecule has 1 aliphatic carbocycles. The van der Waals surface area contributed by atoms with Crippen LogP contribution in [0.1, 0.15) is 30.4 Å². The van der Waals surface area contributed by atoms with Crippen molar-refractivity contribution >= 4 is 5.78 Å². The fourth-order valence-electron chi connectivity index (χ4n) is 2.85. The molecule has 1 aliphatic rings. The van der Waals surface area contributed by atoms with Crippen molar-refractivity contribution in [3.63, 3.8) is 0 Å². The molecule has 2 aromatic carbocycles. The number of ketones is 1. The number of hydrogen-bond acceptors (Lipinski definition) is 2. The molecule has 1 fully saturated rings. The summed E-state index contributed by atoms with van der Waals surface area (Å²) in [6, 6.07) is 18.3. The molecule has 1 unspecified atom stereocenters. The van der Waals surface area contributed by atoms with Crippen LogP contribution in [0.3, 0.4) is 0 Å². The van der Waals surface area contributed by atoms with E-state index in [0.29, 0.717) is 12.4 Å². The summed E-state index contributed by atoms with van der Waals surface area (Å²) in [5.74, 6) is 1.54.